The highest BCUT2D eigenvalue weighted by atomic mass is 16.1. The lowest BCUT2D eigenvalue weighted by molar-refractivity contribution is 0.101. The van der Waals surface area contributed by atoms with Gasteiger partial charge in [-0.15, -0.1) is 0 Å². The van der Waals surface area contributed by atoms with Crippen LogP contribution < -0.4 is 0 Å². The molecule has 1 nitrogen and oxygen atoms in total. The maximum atomic E-state index is 13.3. The lowest BCUT2D eigenvalue weighted by atomic mass is 9.63. The summed E-state index contributed by atoms with van der Waals surface area (Å²) >= 11 is 0. The van der Waals surface area contributed by atoms with Crippen LogP contribution in [-0.2, 0) is 16.2 Å². The Kier molecular flexibility index (Phi) is 11.5. The molecule has 3 aliphatic carbocycles. The van der Waals surface area contributed by atoms with Crippen molar-refractivity contribution < 1.29 is 4.79 Å². The van der Waals surface area contributed by atoms with Crippen molar-refractivity contribution in [1.29, 1.82) is 0 Å². The SMILES string of the molecule is CCCCC1(CCCC)c2ccccc2-c2c1c1c(c3c2C(CCCC)(CCCC)c2ccc(C(C)=O)cc2-3)C(CCCC)(CCCC)c2ccccc2-1. The second-order valence-electron chi connectivity index (χ2n) is 17.5. The third-order valence-corrected chi connectivity index (χ3v) is 14.3. The Hall–Kier alpha value is -3.45. The molecular weight excluding hydrogens is 653 g/mol. The van der Waals surface area contributed by atoms with E-state index in [1.807, 2.05) is 0 Å². The molecule has 4 aromatic rings. The second kappa shape index (κ2) is 16.0. The molecule has 4 aromatic carbocycles. The van der Waals surface area contributed by atoms with E-state index < -0.39 is 0 Å². The monoisotopic (exact) mass is 721 g/mol. The second-order valence-corrected chi connectivity index (χ2v) is 17.5. The molecule has 286 valence electrons. The van der Waals surface area contributed by atoms with Gasteiger partial charge in [0.2, 0.25) is 0 Å². The maximum absolute atomic E-state index is 13.3. The van der Waals surface area contributed by atoms with Gasteiger partial charge < -0.3 is 0 Å². The van der Waals surface area contributed by atoms with E-state index in [1.54, 1.807) is 45.9 Å². The normalized spacial score (nSPS) is 16.1. The van der Waals surface area contributed by atoms with Gasteiger partial charge in [0.1, 0.15) is 0 Å². The molecule has 0 saturated carbocycles. The molecule has 3 aliphatic rings. The average Bonchev–Trinajstić information content (AvgIpc) is 3.76. The molecule has 0 aromatic heterocycles. The summed E-state index contributed by atoms with van der Waals surface area (Å²) in [7, 11) is 0. The molecule has 0 bridgehead atoms. The average molecular weight is 721 g/mol. The minimum absolute atomic E-state index is 0.0175. The Bertz CT molecular complexity index is 1930. The molecule has 0 aliphatic heterocycles. The van der Waals surface area contributed by atoms with Crippen molar-refractivity contribution in [3.05, 3.63) is 106 Å². The molecule has 0 amide bonds. The van der Waals surface area contributed by atoms with E-state index in [-0.39, 0.29) is 22.0 Å². The lowest BCUT2D eigenvalue weighted by Gasteiger charge is -2.39. The molecule has 0 unspecified atom stereocenters. The summed E-state index contributed by atoms with van der Waals surface area (Å²) in [6.07, 6.45) is 21.6. The van der Waals surface area contributed by atoms with E-state index >= 15 is 0 Å². The predicted molar refractivity (Wildman–Crippen MR) is 232 cm³/mol. The molecule has 0 heterocycles. The number of hydrogen-bond donors (Lipinski definition) is 0. The van der Waals surface area contributed by atoms with Crippen molar-refractivity contribution in [1.82, 2.24) is 0 Å². The lowest BCUT2D eigenvalue weighted by Crippen LogP contribution is -2.31. The molecule has 0 radical (unpaired) electrons. The molecule has 0 fully saturated rings. The van der Waals surface area contributed by atoms with Gasteiger partial charge >= 0.3 is 0 Å². The summed E-state index contributed by atoms with van der Waals surface area (Å²) in [5.74, 6) is 0.173. The van der Waals surface area contributed by atoms with Gasteiger partial charge in [-0.1, -0.05) is 179 Å². The smallest absolute Gasteiger partial charge is 0.159 e. The van der Waals surface area contributed by atoms with Gasteiger partial charge in [0.05, 0.1) is 0 Å². The number of fused-ring (bicyclic) bond motifs is 12. The highest BCUT2D eigenvalue weighted by molar-refractivity contribution is 6.06. The Labute approximate surface area is 328 Å². The van der Waals surface area contributed by atoms with Crippen molar-refractivity contribution in [2.45, 2.75) is 180 Å². The van der Waals surface area contributed by atoms with Crippen LogP contribution in [0.5, 0.6) is 0 Å². The van der Waals surface area contributed by atoms with Gasteiger partial charge in [0.25, 0.3) is 0 Å². The van der Waals surface area contributed by atoms with E-state index in [9.17, 15) is 4.79 Å². The van der Waals surface area contributed by atoms with Crippen molar-refractivity contribution in [2.75, 3.05) is 0 Å². The van der Waals surface area contributed by atoms with Crippen LogP contribution in [0.2, 0.25) is 0 Å². The number of Topliss-reactive ketones (excluding diaryl/α,β-unsaturated/α-hetero) is 1. The standard InChI is InChI=1S/C53H68O/c1-8-14-30-51(31-15-9-2)42-26-22-20-24-39(42)46-48(51)45-40-25-21-23-27-43(40)52(32-16-10-3,33-17-11-4)49(45)47-41-36-38(37(7)54)28-29-44(41)53(50(46)47,34-18-12-5)35-19-13-6/h20-29,36H,8-19,30-35H2,1-7H3. The van der Waals surface area contributed by atoms with Crippen molar-refractivity contribution >= 4 is 5.78 Å². The molecule has 0 spiro atoms. The highest BCUT2D eigenvalue weighted by Crippen LogP contribution is 2.71. The summed E-state index contributed by atoms with van der Waals surface area (Å²) < 4.78 is 0. The van der Waals surface area contributed by atoms with Crippen LogP contribution in [0.4, 0.5) is 0 Å². The van der Waals surface area contributed by atoms with Gasteiger partial charge in [0, 0.05) is 21.8 Å². The zero-order valence-corrected chi connectivity index (χ0v) is 35.0. The van der Waals surface area contributed by atoms with Crippen molar-refractivity contribution in [3.8, 4) is 33.4 Å². The highest BCUT2D eigenvalue weighted by Gasteiger charge is 2.57. The number of carbonyl (C=O) groups is 1. The summed E-state index contributed by atoms with van der Waals surface area (Å²) in [5.41, 5.74) is 19.5. The number of benzene rings is 4. The fourth-order valence-corrected chi connectivity index (χ4v) is 11.8. The van der Waals surface area contributed by atoms with Gasteiger partial charge in [-0.25, -0.2) is 0 Å². The molecule has 54 heavy (non-hydrogen) atoms. The van der Waals surface area contributed by atoms with Crippen LogP contribution in [-0.4, -0.2) is 5.78 Å². The first-order valence-corrected chi connectivity index (χ1v) is 22.5. The zero-order valence-electron chi connectivity index (χ0n) is 35.0. The van der Waals surface area contributed by atoms with E-state index in [0.717, 1.165) is 18.4 Å². The van der Waals surface area contributed by atoms with Crippen LogP contribution >= 0.6 is 0 Å². The number of unbranched alkanes of at least 4 members (excludes halogenated alkanes) is 6. The van der Waals surface area contributed by atoms with Crippen LogP contribution in [0.1, 0.15) is 208 Å². The predicted octanol–water partition coefficient (Wildman–Crippen LogP) is 15.8. The largest absolute Gasteiger partial charge is 0.295 e. The summed E-state index contributed by atoms with van der Waals surface area (Å²) in [6.45, 7) is 16.1. The van der Waals surface area contributed by atoms with E-state index in [0.29, 0.717) is 0 Å². The summed E-state index contributed by atoms with van der Waals surface area (Å²) in [5, 5.41) is 0. The molecule has 0 N–H and O–H groups in total. The zero-order chi connectivity index (χ0) is 38.1. The van der Waals surface area contributed by atoms with E-state index in [4.69, 9.17) is 0 Å². The topological polar surface area (TPSA) is 17.1 Å². The number of hydrogen-bond acceptors (Lipinski definition) is 1. The van der Waals surface area contributed by atoms with Crippen LogP contribution in [0.15, 0.2) is 66.7 Å². The molecular formula is C53H68O. The molecule has 7 rings (SSSR count). The maximum Gasteiger partial charge on any atom is 0.159 e. The Morgan fingerprint density at radius 2 is 0.741 bits per heavy atom. The third-order valence-electron chi connectivity index (χ3n) is 14.3. The minimum atomic E-state index is -0.0835. The first-order valence-electron chi connectivity index (χ1n) is 22.5. The summed E-state index contributed by atoms with van der Waals surface area (Å²) in [6, 6.07) is 26.4. The van der Waals surface area contributed by atoms with Crippen LogP contribution in [0.25, 0.3) is 33.4 Å². The fourth-order valence-electron chi connectivity index (χ4n) is 11.8. The first kappa shape index (κ1) is 38.8. The number of carbonyl (C=O) groups excluding carboxylic acids is 1. The fraction of sp³-hybridized carbons (Fsp3) is 0.528. The van der Waals surface area contributed by atoms with Gasteiger partial charge in [-0.2, -0.15) is 0 Å². The van der Waals surface area contributed by atoms with E-state index in [2.05, 4.69) is 108 Å². The third kappa shape index (κ3) is 5.80. The first-order chi connectivity index (χ1) is 26.4. The minimum Gasteiger partial charge on any atom is -0.295 e. The number of rotatable bonds is 19. The van der Waals surface area contributed by atoms with Crippen LogP contribution in [0.3, 0.4) is 0 Å². The van der Waals surface area contributed by atoms with Crippen LogP contribution in [0, 0.1) is 0 Å². The Morgan fingerprint density at radius 1 is 0.426 bits per heavy atom. The van der Waals surface area contributed by atoms with Crippen molar-refractivity contribution in [2.24, 2.45) is 0 Å². The molecule has 0 atom stereocenters. The quantitative estimate of drug-likeness (QED) is 0.0882. The summed E-state index contributed by atoms with van der Waals surface area (Å²) in [4.78, 5) is 13.3. The van der Waals surface area contributed by atoms with Gasteiger partial charge in [-0.05, 0) is 118 Å². The molecule has 1 heteroatoms. The van der Waals surface area contributed by atoms with E-state index in [1.165, 1.54) is 131 Å². The Balaban J connectivity index is 1.78. The number of ketones is 1. The molecule has 0 saturated heterocycles. The van der Waals surface area contributed by atoms with Gasteiger partial charge in [0.15, 0.2) is 5.78 Å². The Morgan fingerprint density at radius 3 is 1.07 bits per heavy atom. The van der Waals surface area contributed by atoms with Crippen molar-refractivity contribution in [3.63, 3.8) is 0 Å². The van der Waals surface area contributed by atoms with Gasteiger partial charge in [-0.3, -0.25) is 4.79 Å².